The van der Waals surface area contributed by atoms with Gasteiger partial charge in [-0.3, -0.25) is 9.11 Å². The predicted molar refractivity (Wildman–Crippen MR) is 264 cm³/mol. The van der Waals surface area contributed by atoms with Crippen LogP contribution in [0.25, 0.3) is 20.4 Å². The molecule has 2 N–H and O–H groups in total. The largest absolute Gasteiger partial charge is 0.495 e. The Morgan fingerprint density at radius 3 is 1.90 bits per heavy atom. The van der Waals surface area contributed by atoms with Crippen LogP contribution < -0.4 is 14.5 Å². The number of anilines is 2. The van der Waals surface area contributed by atoms with Crippen molar-refractivity contribution in [3.8, 4) is 5.75 Å². The molecule has 6 aromatic rings. The first-order chi connectivity index (χ1) is 32.8. The molecule has 71 heavy (non-hydrogen) atoms. The van der Waals surface area contributed by atoms with Gasteiger partial charge < -0.3 is 14.5 Å². The number of halogens is 5. The van der Waals surface area contributed by atoms with E-state index < -0.39 is 48.3 Å². The van der Waals surface area contributed by atoms with Gasteiger partial charge in [0.05, 0.1) is 33.2 Å². The fourth-order valence-corrected chi connectivity index (χ4v) is 12.1. The van der Waals surface area contributed by atoms with Crippen LogP contribution in [-0.4, -0.2) is 80.6 Å². The van der Waals surface area contributed by atoms with Gasteiger partial charge in [-0.15, -0.1) is 20.5 Å². The van der Waals surface area contributed by atoms with E-state index in [0.717, 1.165) is 90.1 Å². The van der Waals surface area contributed by atoms with Crippen LogP contribution in [-0.2, 0) is 55.3 Å². The van der Waals surface area contributed by atoms with Crippen molar-refractivity contribution < 1.29 is 69.4 Å². The summed E-state index contributed by atoms with van der Waals surface area (Å²) in [7, 11) is -7.78. The second kappa shape index (κ2) is 22.0. The maximum Gasteiger partial charge on any atom is 0.464 e. The third-order valence-corrected chi connectivity index (χ3v) is 15.9. The molecule has 0 fully saturated rings. The summed E-state index contributed by atoms with van der Waals surface area (Å²) in [5.74, 6) is 0.296. The molecule has 385 valence electrons. The molecular weight excluding hydrogens is 1080 g/mol. The Labute approximate surface area is 430 Å². The maximum absolute atomic E-state index is 13.4. The smallest absolute Gasteiger partial charge is 0.464 e. The first-order valence-corrected chi connectivity index (χ1v) is 27.3. The van der Waals surface area contributed by atoms with Crippen molar-refractivity contribution in [2.24, 2.45) is 20.5 Å². The number of nitrogens with zero attached hydrogens (tertiary/aromatic N) is 8. The monoisotopic (exact) mass is 1130 g/mol. The number of ether oxygens (including phenoxy) is 1. The zero-order valence-corrected chi connectivity index (χ0v) is 44.2. The van der Waals surface area contributed by atoms with Crippen LogP contribution in [0.1, 0.15) is 77.0 Å². The Bertz CT molecular complexity index is 3210. The third kappa shape index (κ3) is 12.9. The number of thioether (sulfide) groups is 1. The van der Waals surface area contributed by atoms with E-state index in [4.69, 9.17) is 4.74 Å². The molecule has 15 nitrogen and oxygen atoms in total. The van der Waals surface area contributed by atoms with E-state index in [0.29, 0.717) is 41.6 Å². The minimum atomic E-state index is -5.72. The van der Waals surface area contributed by atoms with Crippen molar-refractivity contribution in [3.05, 3.63) is 71.3 Å². The summed E-state index contributed by atoms with van der Waals surface area (Å²) in [4.78, 5) is 11.9. The summed E-state index contributed by atoms with van der Waals surface area (Å²) >= 11 is 1.63. The molecule has 0 atom stereocenters. The number of azo groups is 2. The molecule has 0 saturated carbocycles. The van der Waals surface area contributed by atoms with Gasteiger partial charge in [-0.25, -0.2) is 9.97 Å². The molecule has 26 heteroatoms. The van der Waals surface area contributed by atoms with Gasteiger partial charge in [0.1, 0.15) is 26.9 Å². The van der Waals surface area contributed by atoms with Gasteiger partial charge in [0.25, 0.3) is 20.2 Å². The molecular formula is C45H49CoF5N8O7S5. The van der Waals surface area contributed by atoms with Gasteiger partial charge in [-0.1, -0.05) is 63.4 Å². The number of aromatic nitrogens is 2. The molecule has 0 bridgehead atoms. The number of hydrogen-bond acceptors (Lipinski definition) is 16. The topological polar surface area (TPSA) is 200 Å². The van der Waals surface area contributed by atoms with Crippen LogP contribution in [0.3, 0.4) is 0 Å². The third-order valence-electron chi connectivity index (χ3n) is 11.2. The summed E-state index contributed by atoms with van der Waals surface area (Å²) in [5, 5.41) is 11.9. The van der Waals surface area contributed by atoms with Gasteiger partial charge in [-0.2, -0.15) is 38.8 Å². The van der Waals surface area contributed by atoms with Crippen molar-refractivity contribution >= 4 is 108 Å². The molecule has 2 aromatic heterocycles. The number of hydrogen-bond donors (Lipinski definition) is 2. The second-order valence-corrected chi connectivity index (χ2v) is 23.4. The molecule has 8 rings (SSSR count). The van der Waals surface area contributed by atoms with E-state index >= 15 is 0 Å². The number of rotatable bonds is 14. The van der Waals surface area contributed by atoms with Crippen LogP contribution in [0.5, 0.6) is 5.75 Å². The normalized spacial score (nSPS) is 14.5. The summed E-state index contributed by atoms with van der Waals surface area (Å²) in [6.45, 7) is 13.4. The van der Waals surface area contributed by atoms with Crippen molar-refractivity contribution in [1.82, 2.24) is 9.97 Å². The van der Waals surface area contributed by atoms with Crippen molar-refractivity contribution in [2.45, 2.75) is 105 Å². The maximum atomic E-state index is 13.4. The summed E-state index contributed by atoms with van der Waals surface area (Å²) in [5.41, 5.74) is 5.46. The average Bonchev–Trinajstić information content (AvgIpc) is 3.89. The number of fused-ring (bicyclic) bond motifs is 2. The van der Waals surface area contributed by atoms with E-state index in [1.807, 2.05) is 24.8 Å². The number of aryl methyl sites for hydroxylation is 1. The fourth-order valence-electron chi connectivity index (χ4n) is 8.12. The quantitative estimate of drug-likeness (QED) is 0.0453. The van der Waals surface area contributed by atoms with Crippen LogP contribution in [0.2, 0.25) is 0 Å². The van der Waals surface area contributed by atoms with Gasteiger partial charge in [-0.05, 0) is 115 Å². The molecule has 0 unspecified atom stereocenters. The predicted octanol–water partition coefficient (Wildman–Crippen LogP) is 13.8. The Morgan fingerprint density at radius 1 is 0.775 bits per heavy atom. The van der Waals surface area contributed by atoms with E-state index in [9.17, 15) is 47.9 Å². The van der Waals surface area contributed by atoms with Crippen LogP contribution >= 0.6 is 34.4 Å². The van der Waals surface area contributed by atoms with Crippen molar-refractivity contribution in [1.29, 1.82) is 0 Å². The minimum Gasteiger partial charge on any atom is -0.495 e. The molecule has 0 saturated heterocycles. The van der Waals surface area contributed by atoms with Gasteiger partial charge in [0.2, 0.25) is 10.3 Å². The molecule has 4 aromatic carbocycles. The summed E-state index contributed by atoms with van der Waals surface area (Å²) in [6.07, 6.45) is -0.830. The Hall–Kier alpha value is -4.41. The van der Waals surface area contributed by atoms with Gasteiger partial charge >= 0.3 is 11.4 Å². The first-order valence-electron chi connectivity index (χ1n) is 22.0. The molecule has 2 aliphatic heterocycles. The molecule has 4 heterocycles. The zero-order chi connectivity index (χ0) is 51.0. The van der Waals surface area contributed by atoms with Crippen LogP contribution in [0.4, 0.5) is 55.0 Å². The van der Waals surface area contributed by atoms with Crippen molar-refractivity contribution in [2.75, 3.05) is 43.1 Å². The number of thiazole rings is 2. The SMILES string of the molecule is CC(C)(C)c1ccc2nc(N=Nc3cc4c5c(c3S(=O)(=O)O)CCCN5CCC4)sc2c1.CCCN(CCC)c1cc(S(=O)(=O)O)c(N=Nc2nc3ccc(SC(F)(F)C(F)(F)F)cc3s2)cc1OC.[Co]. The zero-order valence-electron chi connectivity index (χ0n) is 39.0. The summed E-state index contributed by atoms with van der Waals surface area (Å²) in [6, 6.07) is 13.9. The number of methoxy groups -OCH3 is 1. The number of alkyl halides is 5. The van der Waals surface area contributed by atoms with Crippen LogP contribution in [0.15, 0.2) is 89.7 Å². The van der Waals surface area contributed by atoms with Crippen molar-refractivity contribution in [3.63, 3.8) is 0 Å². The van der Waals surface area contributed by atoms with E-state index in [1.165, 1.54) is 42.2 Å². The van der Waals surface area contributed by atoms with E-state index in [1.54, 1.807) is 6.07 Å². The van der Waals surface area contributed by atoms with Crippen LogP contribution in [0, 0.1) is 0 Å². The molecule has 2 aliphatic rings. The minimum absolute atomic E-state index is 0. The Kier molecular flexibility index (Phi) is 17.3. The van der Waals surface area contributed by atoms with E-state index in [2.05, 4.69) is 68.2 Å². The molecule has 1 radical (unpaired) electrons. The first kappa shape index (κ1) is 55.9. The van der Waals surface area contributed by atoms with Gasteiger partial charge in [0.15, 0.2) is 0 Å². The van der Waals surface area contributed by atoms with E-state index in [-0.39, 0.29) is 58.7 Å². The Morgan fingerprint density at radius 2 is 1.35 bits per heavy atom. The molecule has 0 aliphatic carbocycles. The number of benzene rings is 4. The Balaban J connectivity index is 0.000000232. The van der Waals surface area contributed by atoms with Gasteiger partial charge in [0, 0.05) is 59.6 Å². The fraction of sp³-hybridized carbons (Fsp3) is 0.422. The average molecular weight is 1130 g/mol. The second-order valence-electron chi connectivity index (χ2n) is 17.4. The summed E-state index contributed by atoms with van der Waals surface area (Å²) < 4.78 is 140. The standard InChI is InChI=1S/C23H26N4O3S2.C22H23F5N4O4S3.Co/c1-23(2,3)15-8-9-17-19(13-15)31-22(24-17)26-25-18-12-14-6-4-10-27-11-5-7-16(20(14)27)21(18)32(28,29)30;1-4-8-31(9-5-2)16-12-19(38(32,33)34)15(11-17(16)35-3)29-30-20-28-14-7-6-13(10-18(14)36-20)37-22(26,27)21(23,24)25;/h8-9,12-13H,4-7,10-11H2,1-3H3,(H,28,29,30);6-7,10-12H,4-5,8-9H2,1-3H3,(H,32,33,34);. The molecule has 0 amide bonds. The molecule has 0 spiro atoms.